The van der Waals surface area contributed by atoms with Crippen LogP contribution in [0.25, 0.3) is 0 Å². The summed E-state index contributed by atoms with van der Waals surface area (Å²) in [6, 6.07) is 9.71. The summed E-state index contributed by atoms with van der Waals surface area (Å²) < 4.78 is 29.6. The van der Waals surface area contributed by atoms with Gasteiger partial charge in [-0.15, -0.1) is 0 Å². The second kappa shape index (κ2) is 9.38. The van der Waals surface area contributed by atoms with Crippen LogP contribution in [0.1, 0.15) is 27.0 Å². The number of amides is 4. The van der Waals surface area contributed by atoms with Crippen molar-refractivity contribution in [2.75, 3.05) is 0 Å². The van der Waals surface area contributed by atoms with Gasteiger partial charge in [0.2, 0.25) is 27.8 Å². The second-order valence-electron chi connectivity index (χ2n) is 10.1. The van der Waals surface area contributed by atoms with Gasteiger partial charge in [-0.3, -0.25) is 19.2 Å². The summed E-state index contributed by atoms with van der Waals surface area (Å²) in [5, 5.41) is 0.285. The molecule has 3 unspecified atom stereocenters. The molecule has 0 N–H and O–H groups in total. The maximum atomic E-state index is 14.8. The monoisotopic (exact) mass is 521 g/mol. The lowest BCUT2D eigenvalue weighted by atomic mass is 9.48. The fourth-order valence-electron chi connectivity index (χ4n) is 5.22. The van der Waals surface area contributed by atoms with Crippen molar-refractivity contribution < 1.29 is 28.0 Å². The zero-order valence-electron chi connectivity index (χ0n) is 21.2. The molecule has 0 spiro atoms. The molecular weight excluding hydrogens is 498 g/mol. The molecular formula is C22H23B5ClF2N3O4. The molecule has 2 aliphatic rings. The van der Waals surface area contributed by atoms with E-state index >= 15 is 0 Å². The number of imide groups is 1. The number of hydrogen-bond acceptors (Lipinski definition) is 4. The molecule has 186 valence electrons. The molecule has 0 aliphatic carbocycles. The van der Waals surface area contributed by atoms with Gasteiger partial charge in [0.25, 0.3) is 11.8 Å². The van der Waals surface area contributed by atoms with E-state index in [1.165, 1.54) is 33.0 Å². The summed E-state index contributed by atoms with van der Waals surface area (Å²) in [4.78, 5) is 55.1. The smallest absolute Gasteiger partial charge is 0.348 e. The lowest BCUT2D eigenvalue weighted by Crippen LogP contribution is -2.68. The Morgan fingerprint density at radius 3 is 2.38 bits per heavy atom. The van der Waals surface area contributed by atoms with Crippen molar-refractivity contribution in [3.05, 3.63) is 69.7 Å². The second-order valence-corrected chi connectivity index (χ2v) is 10.5. The zero-order valence-corrected chi connectivity index (χ0v) is 22.0. The van der Waals surface area contributed by atoms with Gasteiger partial charge in [-0.1, -0.05) is 35.9 Å². The van der Waals surface area contributed by atoms with Crippen molar-refractivity contribution in [1.82, 2.24) is 14.5 Å². The van der Waals surface area contributed by atoms with Gasteiger partial charge in [-0.25, -0.2) is 0 Å². The minimum absolute atomic E-state index is 0.107. The summed E-state index contributed by atoms with van der Waals surface area (Å²) >= 11 is 5.77. The molecule has 0 saturated carbocycles. The van der Waals surface area contributed by atoms with E-state index in [0.717, 1.165) is 21.8 Å². The molecule has 2 aromatic carbocycles. The lowest BCUT2D eigenvalue weighted by molar-refractivity contribution is -0.154. The van der Waals surface area contributed by atoms with Gasteiger partial charge in [-0.2, -0.15) is 8.78 Å². The maximum Gasteiger partial charge on any atom is 0.348 e. The average Bonchev–Trinajstić information content (AvgIpc) is 3.20. The third kappa shape index (κ3) is 4.29. The quantitative estimate of drug-likeness (QED) is 0.339. The SMILES string of the molecule is BC1C(=O)N(B)C(=O)C(B)(N2Cc3cc(CN(B)C(=O)C(F)(F)c4ccc(Cl)cc4)ccc3C2=O)C1B. The Kier molecular flexibility index (Phi) is 6.86. The third-order valence-electron chi connectivity index (χ3n) is 7.87. The number of piperidine rings is 1. The number of halogens is 3. The van der Waals surface area contributed by atoms with Crippen molar-refractivity contribution in [2.45, 2.75) is 36.1 Å². The van der Waals surface area contributed by atoms with E-state index < -0.39 is 40.4 Å². The highest BCUT2D eigenvalue weighted by Crippen LogP contribution is 2.43. The first-order chi connectivity index (χ1) is 17.2. The Bertz CT molecular complexity index is 1320. The molecule has 2 aliphatic heterocycles. The molecule has 15 heteroatoms. The van der Waals surface area contributed by atoms with E-state index in [2.05, 4.69) is 0 Å². The third-order valence-corrected chi connectivity index (χ3v) is 8.12. The van der Waals surface area contributed by atoms with Crippen molar-refractivity contribution in [1.29, 1.82) is 0 Å². The highest BCUT2D eigenvalue weighted by atomic mass is 35.5. The van der Waals surface area contributed by atoms with Crippen molar-refractivity contribution >= 4 is 74.7 Å². The molecule has 4 amide bonds. The van der Waals surface area contributed by atoms with Crippen molar-refractivity contribution in [2.24, 2.45) is 0 Å². The number of carbonyl (C=O) groups is 4. The number of nitrogens with zero attached hydrogens (tertiary/aromatic N) is 3. The fourth-order valence-corrected chi connectivity index (χ4v) is 5.34. The van der Waals surface area contributed by atoms with Crippen LogP contribution >= 0.6 is 11.6 Å². The van der Waals surface area contributed by atoms with Crippen LogP contribution in [0, 0.1) is 0 Å². The van der Waals surface area contributed by atoms with Crippen LogP contribution in [0.15, 0.2) is 42.5 Å². The molecule has 0 aromatic heterocycles. The Labute approximate surface area is 222 Å². The molecule has 2 aromatic rings. The Balaban J connectivity index is 1.55. The van der Waals surface area contributed by atoms with E-state index in [0.29, 0.717) is 16.7 Å². The zero-order chi connectivity index (χ0) is 27.4. The molecule has 3 atom stereocenters. The van der Waals surface area contributed by atoms with Gasteiger partial charge in [-0.05, 0) is 35.1 Å². The molecule has 0 radical (unpaired) electrons. The number of hydrogen-bond donors (Lipinski definition) is 0. The van der Waals surface area contributed by atoms with Crippen LogP contribution in [0.3, 0.4) is 0 Å². The number of rotatable bonds is 5. The van der Waals surface area contributed by atoms with Gasteiger partial charge in [0, 0.05) is 35.1 Å². The van der Waals surface area contributed by atoms with Gasteiger partial charge < -0.3 is 14.5 Å². The number of fused-ring (bicyclic) bond motifs is 1. The molecule has 1 saturated heterocycles. The van der Waals surface area contributed by atoms with Gasteiger partial charge in [0.05, 0.1) is 5.44 Å². The molecule has 2 heterocycles. The van der Waals surface area contributed by atoms with E-state index in [1.807, 2.05) is 0 Å². The first kappa shape index (κ1) is 27.0. The molecule has 37 heavy (non-hydrogen) atoms. The lowest BCUT2D eigenvalue weighted by Gasteiger charge is -2.50. The maximum absolute atomic E-state index is 14.8. The van der Waals surface area contributed by atoms with Gasteiger partial charge in [0.1, 0.15) is 23.5 Å². The Hall–Kier alpha value is -3.01. The Morgan fingerprint density at radius 1 is 1.14 bits per heavy atom. The predicted molar refractivity (Wildman–Crippen MR) is 147 cm³/mol. The summed E-state index contributed by atoms with van der Waals surface area (Å²) in [6.45, 7) is 0.0201. The summed E-state index contributed by atoms with van der Waals surface area (Å²) in [6.07, 6.45) is 0. The molecule has 1 fully saturated rings. The topological polar surface area (TPSA) is 78.0 Å². The summed E-state index contributed by atoms with van der Waals surface area (Å²) in [5.41, 5.74) is -0.101. The van der Waals surface area contributed by atoms with Crippen molar-refractivity contribution in [3.63, 3.8) is 0 Å². The van der Waals surface area contributed by atoms with Crippen LogP contribution in [0.5, 0.6) is 0 Å². The minimum atomic E-state index is -3.74. The Morgan fingerprint density at radius 2 is 1.76 bits per heavy atom. The largest absolute Gasteiger partial charge is 0.384 e. The highest BCUT2D eigenvalue weighted by molar-refractivity contribution is 6.47. The highest BCUT2D eigenvalue weighted by Gasteiger charge is 2.56. The fraction of sp³-hybridized carbons (Fsp3) is 0.273. The van der Waals surface area contributed by atoms with Crippen LogP contribution in [0.2, 0.25) is 16.7 Å². The van der Waals surface area contributed by atoms with Crippen LogP contribution in [0.4, 0.5) is 8.78 Å². The summed E-state index contributed by atoms with van der Waals surface area (Å²) in [5.74, 6) is -7.05. The van der Waals surface area contributed by atoms with E-state index in [1.54, 1.807) is 41.7 Å². The molecule has 7 nitrogen and oxygen atoms in total. The van der Waals surface area contributed by atoms with Gasteiger partial charge in [0.15, 0.2) is 0 Å². The first-order valence-corrected chi connectivity index (χ1v) is 12.2. The summed E-state index contributed by atoms with van der Waals surface area (Å²) in [7, 11) is 7.91. The number of carbonyl (C=O) groups excluding carboxylic acids is 4. The van der Waals surface area contributed by atoms with Crippen LogP contribution in [-0.2, 0) is 33.4 Å². The predicted octanol–water partition coefficient (Wildman–Crippen LogP) is -1.95. The van der Waals surface area contributed by atoms with Crippen molar-refractivity contribution in [3.8, 4) is 0 Å². The molecule has 0 bridgehead atoms. The number of alkyl halides is 2. The number of benzene rings is 2. The molecule has 4 rings (SSSR count). The van der Waals surface area contributed by atoms with E-state index in [4.69, 9.17) is 11.6 Å². The van der Waals surface area contributed by atoms with E-state index in [9.17, 15) is 28.0 Å². The van der Waals surface area contributed by atoms with Crippen LogP contribution < -0.4 is 0 Å². The van der Waals surface area contributed by atoms with Gasteiger partial charge >= 0.3 is 5.92 Å². The normalized spacial score (nSPS) is 23.8. The average molecular weight is 521 g/mol. The standard InChI is InChI=1S/C22H23B5ClF2N3O4/c23-15-16(24)21(25,19(36)33(27)18(15)35)31-9-11-7-10(1-6-14(11)17(31)34)8-32(26)20(37)22(29,30)12-2-4-13(28)5-3-12/h1-7,15-16H,8-9,23-27H2. The first-order valence-electron chi connectivity index (χ1n) is 11.9. The van der Waals surface area contributed by atoms with Crippen LogP contribution in [-0.4, -0.2) is 83.1 Å². The van der Waals surface area contributed by atoms with E-state index in [-0.39, 0.29) is 29.9 Å². The minimum Gasteiger partial charge on any atom is -0.384 e.